The first-order valence-corrected chi connectivity index (χ1v) is 19.7. The van der Waals surface area contributed by atoms with E-state index in [0.29, 0.717) is 0 Å². The van der Waals surface area contributed by atoms with E-state index in [1.807, 2.05) is 0 Å². The lowest BCUT2D eigenvalue weighted by Gasteiger charge is -2.48. The summed E-state index contributed by atoms with van der Waals surface area (Å²) in [5.41, 5.74) is 0. The van der Waals surface area contributed by atoms with Crippen LogP contribution in [-0.4, -0.2) is 294 Å². The van der Waals surface area contributed by atoms with E-state index in [0.717, 1.165) is 0 Å². The summed E-state index contributed by atoms with van der Waals surface area (Å²) in [6.45, 7) is -3.97. The van der Waals surface area contributed by atoms with Gasteiger partial charge in [0.15, 0.2) is 37.7 Å². The van der Waals surface area contributed by atoms with E-state index in [1.165, 1.54) is 7.11 Å². The van der Waals surface area contributed by atoms with Crippen LogP contribution in [0, 0.1) is 0 Å². The Morgan fingerprint density at radius 3 is 1.00 bits per heavy atom. The molecule has 0 aromatic heterocycles. The van der Waals surface area contributed by atoms with Crippen molar-refractivity contribution in [3.63, 3.8) is 0 Å². The van der Waals surface area contributed by atoms with E-state index >= 15 is 0 Å². The zero-order chi connectivity index (χ0) is 45.3. The first kappa shape index (κ1) is 50.3. The van der Waals surface area contributed by atoms with Crippen molar-refractivity contribution in [3.05, 3.63) is 0 Å². The maximum atomic E-state index is 11.0. The van der Waals surface area contributed by atoms with Crippen LogP contribution >= 0.6 is 0 Å². The summed E-state index contributed by atoms with van der Waals surface area (Å²) in [5.74, 6) is 0. The molecule has 28 nitrogen and oxygen atoms in total. The Kier molecular flexibility index (Phi) is 17.6. The van der Waals surface area contributed by atoms with Gasteiger partial charge in [0.25, 0.3) is 0 Å². The molecular weight excluding hydrogens is 856 g/mol. The lowest BCUT2D eigenvalue weighted by molar-refractivity contribution is -0.381. The molecule has 62 heavy (non-hydrogen) atoms. The van der Waals surface area contributed by atoms with Gasteiger partial charge in [-0.25, -0.2) is 0 Å². The summed E-state index contributed by atoms with van der Waals surface area (Å²) in [6, 6.07) is 0. The Hall–Kier alpha value is -1.12. The van der Waals surface area contributed by atoms with E-state index in [1.54, 1.807) is 0 Å². The summed E-state index contributed by atoms with van der Waals surface area (Å²) in [7, 11) is 1.24. The SMILES string of the molecule is CO[C@@H]1OC[C@@H](O[C@@H]2O[C@H](CO)[C@@H](O[C@@H]3OC[C@@H](O[C@@H]4O[C@H](CO)[C@@H](O[C@@H]5OC[C@@H](O[C@@H]6O[C@H](CO)[C@@H](O)[C@H](O)[C@@H]6O)[C@H](O)[C@H]5O)[C@H](O)[C@@H]4O)[C@H](O)[C@H]3O)[C@H](O)[C@@H]2O)[C@H](O)[C@H]1O. The zero-order valence-corrected chi connectivity index (χ0v) is 32.9. The molecule has 6 rings (SSSR count). The smallest absolute Gasteiger partial charge is 0.187 e. The molecule has 0 aromatic carbocycles. The number of hydrogen-bond acceptors (Lipinski definition) is 28. The van der Waals surface area contributed by atoms with Crippen molar-refractivity contribution in [2.75, 3.05) is 46.8 Å². The van der Waals surface area contributed by atoms with Crippen LogP contribution < -0.4 is 0 Å². The van der Waals surface area contributed by atoms with Gasteiger partial charge in [0, 0.05) is 7.11 Å². The molecule has 6 heterocycles. The summed E-state index contributed by atoms with van der Waals surface area (Å²) >= 11 is 0. The highest BCUT2D eigenvalue weighted by Gasteiger charge is 2.55. The van der Waals surface area contributed by atoms with Crippen molar-refractivity contribution in [2.24, 2.45) is 0 Å². The van der Waals surface area contributed by atoms with Gasteiger partial charge in [-0.05, 0) is 0 Å². The Morgan fingerprint density at radius 1 is 0.339 bits per heavy atom. The standard InChI is InChI=1S/C34H58O28/c1-51-29-21(45)15(39)11(5-52-29)59-33-25(49)19(43)27(9(3-36)56-33)62-31-23(47)17(41)13(7-54-31)60-34-26(50)20(44)28(10(4-37)57-34)61-30-22(46)16(40)12(6-53-30)58-32-24(48)18(42)14(38)8(2-35)55-32/h8-50H,2-7H2,1H3/t8-,9-,10-,11-,12-,13-,14-,15+,16+,17+,18+,19-,20-,21-,22-,23-,24+,25+,26+,27-,28-,29-,30+,31+,32+,33+,34+/m1/s1. The quantitative estimate of drug-likeness (QED) is 0.0769. The van der Waals surface area contributed by atoms with Crippen LogP contribution in [0.1, 0.15) is 0 Å². The van der Waals surface area contributed by atoms with Crippen LogP contribution in [0.15, 0.2) is 0 Å². The van der Waals surface area contributed by atoms with Crippen molar-refractivity contribution in [1.29, 1.82) is 0 Å². The van der Waals surface area contributed by atoms with Gasteiger partial charge in [-0.1, -0.05) is 0 Å². The van der Waals surface area contributed by atoms with Crippen LogP contribution in [0.4, 0.5) is 0 Å². The Bertz CT molecular complexity index is 1370. The van der Waals surface area contributed by atoms with Crippen LogP contribution in [0.25, 0.3) is 0 Å². The van der Waals surface area contributed by atoms with Gasteiger partial charge >= 0.3 is 0 Å². The fraction of sp³-hybridized carbons (Fsp3) is 1.00. The molecular formula is C34H58O28. The Morgan fingerprint density at radius 2 is 0.645 bits per heavy atom. The topological polar surface area (TPSA) is 434 Å². The normalized spacial score (nSPS) is 53.1. The molecule has 0 aromatic rings. The molecule has 0 spiro atoms. The number of ether oxygens (including phenoxy) is 12. The molecule has 0 bridgehead atoms. The predicted molar refractivity (Wildman–Crippen MR) is 186 cm³/mol. The van der Waals surface area contributed by atoms with Gasteiger partial charge in [-0.3, -0.25) is 0 Å². The van der Waals surface area contributed by atoms with E-state index in [9.17, 15) is 81.7 Å². The molecule has 27 atom stereocenters. The summed E-state index contributed by atoms with van der Waals surface area (Å²) in [4.78, 5) is 0. The highest BCUT2D eigenvalue weighted by atomic mass is 16.8. The molecule has 6 fully saturated rings. The first-order valence-electron chi connectivity index (χ1n) is 19.7. The molecule has 28 heteroatoms. The number of rotatable bonds is 14. The first-order chi connectivity index (χ1) is 29.4. The molecule has 6 saturated heterocycles. The zero-order valence-electron chi connectivity index (χ0n) is 32.9. The van der Waals surface area contributed by atoms with E-state index in [4.69, 9.17) is 56.8 Å². The van der Waals surface area contributed by atoms with Crippen LogP contribution in [0.5, 0.6) is 0 Å². The third kappa shape index (κ3) is 10.4. The fourth-order valence-electron chi connectivity index (χ4n) is 7.78. The van der Waals surface area contributed by atoms with Crippen molar-refractivity contribution in [3.8, 4) is 0 Å². The van der Waals surface area contributed by atoms with Crippen LogP contribution in [0.3, 0.4) is 0 Å². The summed E-state index contributed by atoms with van der Waals surface area (Å²) < 4.78 is 65.5. The van der Waals surface area contributed by atoms with Gasteiger partial charge in [-0.15, -0.1) is 0 Å². The minimum absolute atomic E-state index is 0.314. The highest BCUT2D eigenvalue weighted by Crippen LogP contribution is 2.34. The molecule has 6 aliphatic heterocycles. The predicted octanol–water partition coefficient (Wildman–Crippen LogP) is -11.5. The van der Waals surface area contributed by atoms with E-state index < -0.39 is 199 Å². The van der Waals surface area contributed by atoms with Crippen molar-refractivity contribution < 1.29 is 139 Å². The molecule has 0 aliphatic carbocycles. The number of methoxy groups -OCH3 is 1. The van der Waals surface area contributed by atoms with E-state index in [2.05, 4.69) is 0 Å². The van der Waals surface area contributed by atoms with Crippen molar-refractivity contribution >= 4 is 0 Å². The number of hydrogen-bond donors (Lipinski definition) is 16. The molecule has 16 N–H and O–H groups in total. The molecule has 0 radical (unpaired) electrons. The molecule has 0 amide bonds. The Labute approximate surface area is 351 Å². The lowest BCUT2D eigenvalue weighted by atomic mass is 9.97. The third-order valence-electron chi connectivity index (χ3n) is 11.5. The fourth-order valence-corrected chi connectivity index (χ4v) is 7.78. The second kappa shape index (κ2) is 21.7. The maximum Gasteiger partial charge on any atom is 0.187 e. The van der Waals surface area contributed by atoms with E-state index in [-0.39, 0.29) is 6.61 Å². The molecule has 0 unspecified atom stereocenters. The average Bonchev–Trinajstić information content (AvgIpc) is 3.26. The van der Waals surface area contributed by atoms with Gasteiger partial charge in [0.2, 0.25) is 0 Å². The van der Waals surface area contributed by atoms with Crippen LogP contribution in [0.2, 0.25) is 0 Å². The number of aliphatic hydroxyl groups excluding tert-OH is 16. The molecule has 0 saturated carbocycles. The Balaban J connectivity index is 0.999. The second-order valence-corrected chi connectivity index (χ2v) is 15.6. The van der Waals surface area contributed by atoms with Gasteiger partial charge in [0.05, 0.1) is 39.6 Å². The second-order valence-electron chi connectivity index (χ2n) is 15.6. The largest absolute Gasteiger partial charge is 0.394 e. The van der Waals surface area contributed by atoms with Crippen molar-refractivity contribution in [1.82, 2.24) is 0 Å². The number of aliphatic hydroxyl groups is 16. The summed E-state index contributed by atoms with van der Waals surface area (Å²) in [5, 5.41) is 168. The van der Waals surface area contributed by atoms with Crippen molar-refractivity contribution in [2.45, 2.75) is 166 Å². The summed E-state index contributed by atoms with van der Waals surface area (Å²) in [6.07, 6.45) is -45.5. The minimum Gasteiger partial charge on any atom is -0.394 e. The van der Waals surface area contributed by atoms with Gasteiger partial charge < -0.3 is 139 Å². The minimum atomic E-state index is -2.00. The molecule has 362 valence electrons. The lowest BCUT2D eigenvalue weighted by Crippen LogP contribution is -2.66. The van der Waals surface area contributed by atoms with Crippen LogP contribution in [-0.2, 0) is 56.8 Å². The third-order valence-corrected chi connectivity index (χ3v) is 11.5. The maximum absolute atomic E-state index is 11.0. The average molecular weight is 915 g/mol. The van der Waals surface area contributed by atoms with Gasteiger partial charge in [0.1, 0.15) is 128 Å². The monoisotopic (exact) mass is 914 g/mol. The molecule has 6 aliphatic rings. The van der Waals surface area contributed by atoms with Gasteiger partial charge in [-0.2, -0.15) is 0 Å². The highest BCUT2D eigenvalue weighted by molar-refractivity contribution is 4.97.